The van der Waals surface area contributed by atoms with Crippen LogP contribution < -0.4 is 10.6 Å². The van der Waals surface area contributed by atoms with Crippen molar-refractivity contribution in [3.8, 4) is 0 Å². The van der Waals surface area contributed by atoms with Crippen molar-refractivity contribution in [1.29, 1.82) is 0 Å². The second kappa shape index (κ2) is 5.92. The maximum Gasteiger partial charge on any atom is 0.168 e. The zero-order chi connectivity index (χ0) is 13.8. The lowest BCUT2D eigenvalue weighted by Crippen LogP contribution is -2.06. The summed E-state index contributed by atoms with van der Waals surface area (Å²) in [6.07, 6.45) is 2.72. The van der Waals surface area contributed by atoms with Crippen LogP contribution in [0, 0.1) is 11.6 Å². The molecule has 2 aromatic rings. The number of hydrogen-bond donors (Lipinski definition) is 2. The van der Waals surface area contributed by atoms with Crippen molar-refractivity contribution >= 4 is 23.0 Å². The molecule has 0 spiro atoms. The first kappa shape index (κ1) is 13.7. The first-order chi connectivity index (χ1) is 9.13. The van der Waals surface area contributed by atoms with Gasteiger partial charge in [0.15, 0.2) is 23.3 Å². The molecule has 2 rings (SSSR count). The predicted octanol–water partition coefficient (Wildman–Crippen LogP) is 3.03. The van der Waals surface area contributed by atoms with Crippen molar-refractivity contribution in [2.45, 2.75) is 19.9 Å². The van der Waals surface area contributed by atoms with Gasteiger partial charge in [-0.25, -0.2) is 18.7 Å². The predicted molar refractivity (Wildman–Crippen MR) is 72.5 cm³/mol. The minimum atomic E-state index is -0.719. The molecule has 0 aliphatic rings. The summed E-state index contributed by atoms with van der Waals surface area (Å²) in [7, 11) is 1.53. The third kappa shape index (κ3) is 3.17. The van der Waals surface area contributed by atoms with E-state index in [9.17, 15) is 8.78 Å². The summed E-state index contributed by atoms with van der Waals surface area (Å²) >= 11 is 1.56. The van der Waals surface area contributed by atoms with Gasteiger partial charge in [0.05, 0.1) is 6.54 Å². The fourth-order valence-corrected chi connectivity index (χ4v) is 2.32. The fraction of sp³-hybridized carbons (Fsp3) is 0.333. The smallest absolute Gasteiger partial charge is 0.168 e. The van der Waals surface area contributed by atoms with Crippen LogP contribution in [0.25, 0.3) is 0 Å². The van der Waals surface area contributed by atoms with E-state index >= 15 is 0 Å². The number of hydrogen-bond acceptors (Lipinski definition) is 5. The Labute approximate surface area is 113 Å². The van der Waals surface area contributed by atoms with Crippen LogP contribution in [0.1, 0.15) is 16.8 Å². The lowest BCUT2D eigenvalue weighted by Gasteiger charge is -2.08. The number of anilines is 2. The lowest BCUT2D eigenvalue weighted by atomic mass is 10.4. The largest absolute Gasteiger partial charge is 0.371 e. The standard InChI is InChI=1S/C12H14F2N4S/c1-3-7-5-16-10(19-7)6-17-12-9(14)4-8(13)11(15-2)18-12/h4-5H,3,6H2,1-2H3,(H2,15,17,18). The van der Waals surface area contributed by atoms with E-state index in [2.05, 4.69) is 20.6 Å². The Balaban J connectivity index is 2.10. The minimum absolute atomic E-state index is 0.0114. The van der Waals surface area contributed by atoms with Gasteiger partial charge in [-0.3, -0.25) is 0 Å². The second-order valence-electron chi connectivity index (χ2n) is 3.83. The average Bonchev–Trinajstić information content (AvgIpc) is 2.86. The maximum atomic E-state index is 13.5. The molecule has 0 aliphatic carbocycles. The van der Waals surface area contributed by atoms with Crippen LogP contribution in [0.4, 0.5) is 20.4 Å². The van der Waals surface area contributed by atoms with Crippen LogP contribution in [-0.4, -0.2) is 17.0 Å². The molecule has 102 valence electrons. The average molecular weight is 284 g/mol. The summed E-state index contributed by atoms with van der Waals surface area (Å²) in [6.45, 7) is 2.41. The Hall–Kier alpha value is -1.76. The Morgan fingerprint density at radius 1 is 1.26 bits per heavy atom. The number of thiazole rings is 1. The van der Waals surface area contributed by atoms with Crippen LogP contribution >= 0.6 is 11.3 Å². The van der Waals surface area contributed by atoms with Crippen LogP contribution in [0.15, 0.2) is 12.3 Å². The number of nitrogens with one attached hydrogen (secondary N) is 2. The van der Waals surface area contributed by atoms with E-state index in [0.29, 0.717) is 6.54 Å². The van der Waals surface area contributed by atoms with Crippen molar-refractivity contribution in [2.75, 3.05) is 17.7 Å². The molecule has 7 heteroatoms. The molecular formula is C12H14F2N4S. The lowest BCUT2D eigenvalue weighted by molar-refractivity contribution is 0.578. The third-order valence-electron chi connectivity index (χ3n) is 2.52. The maximum absolute atomic E-state index is 13.5. The van der Waals surface area contributed by atoms with Crippen LogP contribution in [-0.2, 0) is 13.0 Å². The second-order valence-corrected chi connectivity index (χ2v) is 5.03. The highest BCUT2D eigenvalue weighted by Crippen LogP contribution is 2.20. The minimum Gasteiger partial charge on any atom is -0.371 e. The van der Waals surface area contributed by atoms with E-state index < -0.39 is 11.6 Å². The van der Waals surface area contributed by atoms with Gasteiger partial charge in [-0.2, -0.15) is 0 Å². The zero-order valence-electron chi connectivity index (χ0n) is 10.6. The van der Waals surface area contributed by atoms with Gasteiger partial charge >= 0.3 is 0 Å². The van der Waals surface area contributed by atoms with E-state index in [4.69, 9.17) is 0 Å². The summed E-state index contributed by atoms with van der Waals surface area (Å²) < 4.78 is 26.8. The molecule has 0 bridgehead atoms. The number of pyridine rings is 1. The van der Waals surface area contributed by atoms with Gasteiger partial charge in [0.2, 0.25) is 0 Å². The van der Waals surface area contributed by atoms with E-state index in [1.165, 1.54) is 11.9 Å². The zero-order valence-corrected chi connectivity index (χ0v) is 11.4. The molecule has 0 saturated heterocycles. The van der Waals surface area contributed by atoms with Gasteiger partial charge in [-0.15, -0.1) is 11.3 Å². The summed E-state index contributed by atoms with van der Waals surface area (Å²) in [6, 6.07) is 0.806. The quantitative estimate of drug-likeness (QED) is 0.886. The van der Waals surface area contributed by atoms with Crippen LogP contribution in [0.2, 0.25) is 0 Å². The van der Waals surface area contributed by atoms with E-state index in [1.807, 2.05) is 6.92 Å². The number of nitrogens with zero attached hydrogens (tertiary/aromatic N) is 2. The summed E-state index contributed by atoms with van der Waals surface area (Å²) in [5, 5.41) is 6.23. The van der Waals surface area contributed by atoms with E-state index in [1.54, 1.807) is 17.5 Å². The van der Waals surface area contributed by atoms with Gasteiger partial charge in [0, 0.05) is 24.2 Å². The number of aryl methyl sites for hydroxylation is 1. The SMILES string of the molecule is CCc1cnc(CNc2nc(NC)c(F)cc2F)s1. The van der Waals surface area contributed by atoms with E-state index in [-0.39, 0.29) is 11.6 Å². The summed E-state index contributed by atoms with van der Waals surface area (Å²) in [5.41, 5.74) is 0. The molecule has 0 aromatic carbocycles. The highest BCUT2D eigenvalue weighted by molar-refractivity contribution is 7.11. The Morgan fingerprint density at radius 2 is 2.00 bits per heavy atom. The number of aromatic nitrogens is 2. The van der Waals surface area contributed by atoms with Gasteiger partial charge in [0.1, 0.15) is 5.01 Å². The van der Waals surface area contributed by atoms with Gasteiger partial charge in [-0.1, -0.05) is 6.92 Å². The molecule has 0 unspecified atom stereocenters. The fourth-order valence-electron chi connectivity index (χ4n) is 1.52. The van der Waals surface area contributed by atoms with Gasteiger partial charge < -0.3 is 10.6 Å². The Morgan fingerprint density at radius 3 is 2.63 bits per heavy atom. The normalized spacial score (nSPS) is 10.5. The molecule has 0 radical (unpaired) electrons. The van der Waals surface area contributed by atoms with Crippen molar-refractivity contribution in [3.63, 3.8) is 0 Å². The van der Waals surface area contributed by atoms with Crippen LogP contribution in [0.5, 0.6) is 0 Å². The molecule has 19 heavy (non-hydrogen) atoms. The van der Waals surface area contributed by atoms with Crippen molar-refractivity contribution in [2.24, 2.45) is 0 Å². The number of halogens is 2. The molecule has 2 aromatic heterocycles. The monoisotopic (exact) mass is 284 g/mol. The highest BCUT2D eigenvalue weighted by atomic mass is 32.1. The molecule has 2 N–H and O–H groups in total. The summed E-state index contributed by atoms with van der Waals surface area (Å²) in [5.74, 6) is -1.41. The molecule has 0 amide bonds. The molecule has 0 atom stereocenters. The first-order valence-electron chi connectivity index (χ1n) is 5.85. The van der Waals surface area contributed by atoms with E-state index in [0.717, 1.165) is 17.5 Å². The Kier molecular flexibility index (Phi) is 4.26. The molecule has 2 heterocycles. The first-order valence-corrected chi connectivity index (χ1v) is 6.67. The molecule has 0 saturated carbocycles. The molecular weight excluding hydrogens is 270 g/mol. The number of rotatable bonds is 5. The van der Waals surface area contributed by atoms with Crippen LogP contribution in [0.3, 0.4) is 0 Å². The Bertz CT molecular complexity index is 571. The molecule has 0 aliphatic heterocycles. The van der Waals surface area contributed by atoms with Crippen molar-refractivity contribution in [3.05, 3.63) is 33.8 Å². The summed E-state index contributed by atoms with van der Waals surface area (Å²) in [4.78, 5) is 9.21. The van der Waals surface area contributed by atoms with Gasteiger partial charge in [-0.05, 0) is 6.42 Å². The van der Waals surface area contributed by atoms with Crippen molar-refractivity contribution < 1.29 is 8.78 Å². The topological polar surface area (TPSA) is 49.8 Å². The van der Waals surface area contributed by atoms with Gasteiger partial charge in [0.25, 0.3) is 0 Å². The molecule has 4 nitrogen and oxygen atoms in total. The third-order valence-corrected chi connectivity index (χ3v) is 3.66. The highest BCUT2D eigenvalue weighted by Gasteiger charge is 2.11. The molecule has 0 fully saturated rings. The van der Waals surface area contributed by atoms with Crippen molar-refractivity contribution in [1.82, 2.24) is 9.97 Å².